The highest BCUT2D eigenvalue weighted by atomic mass is 16.6. The maximum Gasteiger partial charge on any atom is 0.338 e. The largest absolute Gasteiger partial charge is 0.490 e. The van der Waals surface area contributed by atoms with Crippen LogP contribution in [0.3, 0.4) is 0 Å². The standard InChI is InChI=1S/C18H22N2O5/c1-4-9-24-14-7-5-13(6-8-14)16-15(12(2)19-18(22)20-16)17(21)25-11-10-23-3/h4-8,16H,1,9-11H2,2-3H3,(H2,19,20,22). The first kappa shape index (κ1) is 18.5. The van der Waals surface area contributed by atoms with Crippen LogP contribution in [0, 0.1) is 0 Å². The first-order chi connectivity index (χ1) is 12.1. The number of esters is 1. The van der Waals surface area contributed by atoms with Gasteiger partial charge in [0.25, 0.3) is 0 Å². The second-order valence-corrected chi connectivity index (χ2v) is 5.37. The number of ether oxygens (including phenoxy) is 3. The van der Waals surface area contributed by atoms with Crippen molar-refractivity contribution in [1.82, 2.24) is 10.6 Å². The highest BCUT2D eigenvalue weighted by molar-refractivity contribution is 5.95. The van der Waals surface area contributed by atoms with E-state index in [1.807, 2.05) is 0 Å². The van der Waals surface area contributed by atoms with Crippen LogP contribution in [0.25, 0.3) is 0 Å². The molecule has 0 radical (unpaired) electrons. The number of hydrogen-bond donors (Lipinski definition) is 2. The molecule has 2 N–H and O–H groups in total. The van der Waals surface area contributed by atoms with Crippen molar-refractivity contribution in [3.63, 3.8) is 0 Å². The second-order valence-electron chi connectivity index (χ2n) is 5.37. The van der Waals surface area contributed by atoms with Crippen molar-refractivity contribution >= 4 is 12.0 Å². The Hall–Kier alpha value is -2.80. The van der Waals surface area contributed by atoms with Crippen LogP contribution in [0.4, 0.5) is 4.79 Å². The maximum atomic E-state index is 12.4. The predicted octanol–water partition coefficient (Wildman–Crippen LogP) is 2.07. The molecule has 7 heteroatoms. The van der Waals surface area contributed by atoms with Gasteiger partial charge in [0.1, 0.15) is 19.0 Å². The molecule has 0 spiro atoms. The molecule has 1 aliphatic rings. The summed E-state index contributed by atoms with van der Waals surface area (Å²) in [4.78, 5) is 24.2. The molecule has 0 aromatic heterocycles. The minimum atomic E-state index is -0.600. The van der Waals surface area contributed by atoms with E-state index in [1.165, 1.54) is 7.11 Å². The lowest BCUT2D eigenvalue weighted by molar-refractivity contribution is -0.140. The highest BCUT2D eigenvalue weighted by Gasteiger charge is 2.32. The van der Waals surface area contributed by atoms with E-state index in [1.54, 1.807) is 37.3 Å². The van der Waals surface area contributed by atoms with Gasteiger partial charge in [0.05, 0.1) is 18.2 Å². The van der Waals surface area contributed by atoms with Crippen molar-refractivity contribution in [2.75, 3.05) is 26.9 Å². The molecule has 0 fully saturated rings. The summed E-state index contributed by atoms with van der Waals surface area (Å²) in [6.45, 7) is 6.11. The molecular weight excluding hydrogens is 324 g/mol. The van der Waals surface area contributed by atoms with Gasteiger partial charge >= 0.3 is 12.0 Å². The van der Waals surface area contributed by atoms with Crippen LogP contribution in [-0.4, -0.2) is 38.9 Å². The normalized spacial score (nSPS) is 16.7. The molecule has 1 unspecified atom stereocenters. The second kappa shape index (κ2) is 8.89. The number of carbonyl (C=O) groups excluding carboxylic acids is 2. The van der Waals surface area contributed by atoms with Gasteiger partial charge in [-0.2, -0.15) is 0 Å². The molecule has 0 aliphatic carbocycles. The topological polar surface area (TPSA) is 85.9 Å². The third kappa shape index (κ3) is 4.84. The summed E-state index contributed by atoms with van der Waals surface area (Å²) in [6, 6.07) is 6.17. The zero-order valence-electron chi connectivity index (χ0n) is 14.3. The summed E-state index contributed by atoms with van der Waals surface area (Å²) in [7, 11) is 1.53. The molecular formula is C18H22N2O5. The molecule has 1 heterocycles. The van der Waals surface area contributed by atoms with Crippen LogP contribution in [-0.2, 0) is 14.3 Å². The third-order valence-electron chi connectivity index (χ3n) is 3.59. The summed E-state index contributed by atoms with van der Waals surface area (Å²) in [5, 5.41) is 5.35. The number of methoxy groups -OCH3 is 1. The lowest BCUT2D eigenvalue weighted by Gasteiger charge is -2.28. The predicted molar refractivity (Wildman–Crippen MR) is 92.1 cm³/mol. The fourth-order valence-electron chi connectivity index (χ4n) is 2.42. The number of nitrogens with one attached hydrogen (secondary N) is 2. The van der Waals surface area contributed by atoms with Crippen LogP contribution in [0.2, 0.25) is 0 Å². The summed E-state index contributed by atoms with van der Waals surface area (Å²) in [5.41, 5.74) is 1.57. The van der Waals surface area contributed by atoms with E-state index in [0.717, 1.165) is 5.56 Å². The molecule has 0 saturated heterocycles. The summed E-state index contributed by atoms with van der Waals surface area (Å²) >= 11 is 0. The molecule has 2 amide bonds. The van der Waals surface area contributed by atoms with Gasteiger partial charge in [-0.3, -0.25) is 0 Å². The van der Waals surface area contributed by atoms with Gasteiger partial charge in [0, 0.05) is 12.8 Å². The van der Waals surface area contributed by atoms with E-state index in [9.17, 15) is 9.59 Å². The van der Waals surface area contributed by atoms with E-state index in [4.69, 9.17) is 14.2 Å². The Morgan fingerprint density at radius 3 is 2.64 bits per heavy atom. The summed E-state index contributed by atoms with van der Waals surface area (Å²) in [6.07, 6.45) is 1.65. The zero-order chi connectivity index (χ0) is 18.2. The lowest BCUT2D eigenvalue weighted by atomic mass is 9.95. The van der Waals surface area contributed by atoms with E-state index < -0.39 is 12.0 Å². The van der Waals surface area contributed by atoms with Crippen molar-refractivity contribution in [1.29, 1.82) is 0 Å². The lowest BCUT2D eigenvalue weighted by Crippen LogP contribution is -2.45. The van der Waals surface area contributed by atoms with Crippen molar-refractivity contribution in [3.8, 4) is 5.75 Å². The average molecular weight is 346 g/mol. The monoisotopic (exact) mass is 346 g/mol. The van der Waals surface area contributed by atoms with Crippen LogP contribution < -0.4 is 15.4 Å². The van der Waals surface area contributed by atoms with Crippen molar-refractivity contribution in [3.05, 3.63) is 53.8 Å². The van der Waals surface area contributed by atoms with Gasteiger partial charge in [0.2, 0.25) is 0 Å². The number of allylic oxidation sites excluding steroid dienone is 1. The van der Waals surface area contributed by atoms with E-state index in [0.29, 0.717) is 30.2 Å². The smallest absolute Gasteiger partial charge is 0.338 e. The Morgan fingerprint density at radius 2 is 2.00 bits per heavy atom. The van der Waals surface area contributed by atoms with Crippen LogP contribution in [0.15, 0.2) is 48.2 Å². The Bertz CT molecular complexity index is 667. The molecule has 1 atom stereocenters. The van der Waals surface area contributed by atoms with E-state index in [-0.39, 0.29) is 12.6 Å². The number of carbonyl (C=O) groups is 2. The first-order valence-electron chi connectivity index (χ1n) is 7.84. The molecule has 7 nitrogen and oxygen atoms in total. The molecule has 2 rings (SSSR count). The summed E-state index contributed by atoms with van der Waals surface area (Å²) < 4.78 is 15.5. The number of benzene rings is 1. The maximum absolute atomic E-state index is 12.4. The number of rotatable bonds is 8. The van der Waals surface area contributed by atoms with Gasteiger partial charge in [-0.05, 0) is 24.6 Å². The number of amides is 2. The van der Waals surface area contributed by atoms with Gasteiger partial charge in [0.15, 0.2) is 0 Å². The van der Waals surface area contributed by atoms with Crippen LogP contribution in [0.1, 0.15) is 18.5 Å². The Kier molecular flexibility index (Phi) is 6.59. The Labute approximate surface area is 146 Å². The molecule has 1 aliphatic heterocycles. The third-order valence-corrected chi connectivity index (χ3v) is 3.59. The van der Waals surface area contributed by atoms with E-state index in [2.05, 4.69) is 17.2 Å². The molecule has 0 bridgehead atoms. The molecule has 25 heavy (non-hydrogen) atoms. The van der Waals surface area contributed by atoms with Crippen LogP contribution >= 0.6 is 0 Å². The minimum Gasteiger partial charge on any atom is -0.490 e. The van der Waals surface area contributed by atoms with Crippen molar-refractivity contribution in [2.24, 2.45) is 0 Å². The average Bonchev–Trinajstić information content (AvgIpc) is 2.59. The summed E-state index contributed by atoms with van der Waals surface area (Å²) in [5.74, 6) is 0.174. The SMILES string of the molecule is C=CCOc1ccc(C2NC(=O)NC(C)=C2C(=O)OCCOC)cc1. The molecule has 1 aromatic rings. The van der Waals surface area contributed by atoms with E-state index >= 15 is 0 Å². The van der Waals surface area contributed by atoms with Crippen molar-refractivity contribution < 1.29 is 23.8 Å². The fourth-order valence-corrected chi connectivity index (χ4v) is 2.42. The molecule has 1 aromatic carbocycles. The van der Waals surface area contributed by atoms with Gasteiger partial charge in [-0.25, -0.2) is 9.59 Å². The van der Waals surface area contributed by atoms with Gasteiger partial charge < -0.3 is 24.8 Å². The number of urea groups is 1. The number of hydrogen-bond acceptors (Lipinski definition) is 5. The first-order valence-corrected chi connectivity index (χ1v) is 7.84. The minimum absolute atomic E-state index is 0.140. The van der Waals surface area contributed by atoms with Crippen LogP contribution in [0.5, 0.6) is 5.75 Å². The zero-order valence-corrected chi connectivity index (χ0v) is 14.3. The Balaban J connectivity index is 2.22. The Morgan fingerprint density at radius 1 is 1.28 bits per heavy atom. The van der Waals surface area contributed by atoms with Gasteiger partial charge in [-0.15, -0.1) is 0 Å². The fraction of sp³-hybridized carbons (Fsp3) is 0.333. The quantitative estimate of drug-likeness (QED) is 0.428. The van der Waals surface area contributed by atoms with Gasteiger partial charge in [-0.1, -0.05) is 24.8 Å². The molecule has 134 valence electrons. The van der Waals surface area contributed by atoms with Crippen molar-refractivity contribution in [2.45, 2.75) is 13.0 Å². The highest BCUT2D eigenvalue weighted by Crippen LogP contribution is 2.28. The molecule has 0 saturated carbocycles.